The predicted molar refractivity (Wildman–Crippen MR) is 58.0 cm³/mol. The lowest BCUT2D eigenvalue weighted by atomic mass is 9.91. The molecule has 1 spiro atoms. The quantitative estimate of drug-likeness (QED) is 0.683. The van der Waals surface area contributed by atoms with E-state index in [1.165, 1.54) is 5.57 Å². The molecule has 1 heterocycles. The van der Waals surface area contributed by atoms with E-state index in [1.807, 2.05) is 0 Å². The fraction of sp³-hybridized carbons (Fsp3) is 0.778. The van der Waals surface area contributed by atoms with Crippen LogP contribution in [-0.4, -0.2) is 19.0 Å². The lowest BCUT2D eigenvalue weighted by Gasteiger charge is -2.32. The fourth-order valence-corrected chi connectivity index (χ4v) is 2.70. The van der Waals surface area contributed by atoms with Gasteiger partial charge in [0, 0.05) is 12.8 Å². The normalized spacial score (nSPS) is 26.8. The van der Waals surface area contributed by atoms with Gasteiger partial charge in [0.15, 0.2) is 5.79 Å². The third-order valence-electron chi connectivity index (χ3n) is 2.70. The summed E-state index contributed by atoms with van der Waals surface area (Å²) in [6.07, 6.45) is 4.10. The zero-order valence-corrected chi connectivity index (χ0v) is 10.5. The number of rotatable bonds is 0. The van der Waals surface area contributed by atoms with Crippen LogP contribution in [0.15, 0.2) is 8.96 Å². The van der Waals surface area contributed by atoms with Crippen molar-refractivity contribution in [1.82, 2.24) is 0 Å². The van der Waals surface area contributed by atoms with Crippen molar-refractivity contribution < 1.29 is 9.47 Å². The van der Waals surface area contributed by atoms with E-state index in [2.05, 4.69) is 31.9 Å². The second kappa shape index (κ2) is 4.01. The van der Waals surface area contributed by atoms with Crippen molar-refractivity contribution in [2.75, 3.05) is 13.2 Å². The van der Waals surface area contributed by atoms with Crippen LogP contribution < -0.4 is 0 Å². The lowest BCUT2D eigenvalue weighted by Crippen LogP contribution is -2.33. The first-order valence-electron chi connectivity index (χ1n) is 4.53. The molecule has 1 aliphatic heterocycles. The molecule has 0 radical (unpaired) electrons. The summed E-state index contributed by atoms with van der Waals surface area (Å²) in [5.41, 5.74) is 1.43. The van der Waals surface area contributed by atoms with Crippen LogP contribution in [0.3, 0.4) is 0 Å². The van der Waals surface area contributed by atoms with Crippen LogP contribution in [0.5, 0.6) is 0 Å². The monoisotopic (exact) mass is 310 g/mol. The van der Waals surface area contributed by atoms with Crippen LogP contribution in [0.25, 0.3) is 0 Å². The van der Waals surface area contributed by atoms with Gasteiger partial charge in [-0.05, 0) is 50.3 Å². The van der Waals surface area contributed by atoms with Crippen molar-refractivity contribution >= 4 is 31.9 Å². The molecule has 2 fully saturated rings. The maximum absolute atomic E-state index is 5.63. The molecule has 4 heteroatoms. The second-order valence-corrected chi connectivity index (χ2v) is 6.12. The molecule has 2 rings (SSSR count). The highest BCUT2D eigenvalue weighted by molar-refractivity contribution is 9.28. The summed E-state index contributed by atoms with van der Waals surface area (Å²) in [7, 11) is 0. The van der Waals surface area contributed by atoms with E-state index in [4.69, 9.17) is 9.47 Å². The molecule has 0 aromatic carbocycles. The molecule has 74 valence electrons. The molecule has 1 saturated heterocycles. The molecule has 0 aromatic rings. The van der Waals surface area contributed by atoms with Gasteiger partial charge in [0.25, 0.3) is 0 Å². The van der Waals surface area contributed by atoms with Crippen LogP contribution in [0.2, 0.25) is 0 Å². The Hall–Kier alpha value is 0.620. The van der Waals surface area contributed by atoms with Gasteiger partial charge < -0.3 is 9.47 Å². The third kappa shape index (κ3) is 2.17. The molecule has 0 atom stereocenters. The third-order valence-corrected chi connectivity index (χ3v) is 3.82. The largest absolute Gasteiger partial charge is 0.348 e. The van der Waals surface area contributed by atoms with Crippen LogP contribution in [0, 0.1) is 0 Å². The van der Waals surface area contributed by atoms with Gasteiger partial charge in [-0.3, -0.25) is 0 Å². The molecule has 13 heavy (non-hydrogen) atoms. The molecule has 0 amide bonds. The van der Waals surface area contributed by atoms with Crippen LogP contribution in [0.1, 0.15) is 25.7 Å². The minimum atomic E-state index is -0.237. The Morgan fingerprint density at radius 2 is 1.62 bits per heavy atom. The fourth-order valence-electron chi connectivity index (χ4n) is 1.91. The maximum atomic E-state index is 5.63. The van der Waals surface area contributed by atoms with Gasteiger partial charge in [0.1, 0.15) is 0 Å². The SMILES string of the molecule is BrC(Br)=C1CCC2(CC1)OCCO2. The van der Waals surface area contributed by atoms with Gasteiger partial charge in [0.2, 0.25) is 0 Å². The molecule has 1 saturated carbocycles. The molecular weight excluding hydrogens is 300 g/mol. The number of hydrogen-bond acceptors (Lipinski definition) is 2. The van der Waals surface area contributed by atoms with Gasteiger partial charge in [0.05, 0.1) is 16.6 Å². The number of halogens is 2. The van der Waals surface area contributed by atoms with E-state index in [0.29, 0.717) is 0 Å². The number of allylic oxidation sites excluding steroid dienone is 1. The Labute approximate surface area is 94.9 Å². The maximum Gasteiger partial charge on any atom is 0.169 e. The van der Waals surface area contributed by atoms with Crippen LogP contribution >= 0.6 is 31.9 Å². The predicted octanol–water partition coefficient (Wildman–Crippen LogP) is 3.30. The first-order chi connectivity index (χ1) is 6.22. The van der Waals surface area contributed by atoms with Crippen molar-refractivity contribution in [2.45, 2.75) is 31.5 Å². The van der Waals surface area contributed by atoms with Crippen molar-refractivity contribution in [3.63, 3.8) is 0 Å². The van der Waals surface area contributed by atoms with Gasteiger partial charge in [-0.15, -0.1) is 0 Å². The average molecular weight is 312 g/mol. The lowest BCUT2D eigenvalue weighted by molar-refractivity contribution is -0.171. The highest BCUT2D eigenvalue weighted by atomic mass is 79.9. The Kier molecular flexibility index (Phi) is 3.13. The van der Waals surface area contributed by atoms with E-state index in [-0.39, 0.29) is 5.79 Å². The number of ether oxygens (including phenoxy) is 2. The van der Waals surface area contributed by atoms with E-state index in [0.717, 1.165) is 42.3 Å². The van der Waals surface area contributed by atoms with E-state index >= 15 is 0 Å². The molecular formula is C9H12Br2O2. The highest BCUT2D eigenvalue weighted by Gasteiger charge is 2.38. The average Bonchev–Trinajstić information content (AvgIpc) is 2.54. The molecule has 2 aliphatic rings. The zero-order chi connectivity index (χ0) is 9.31. The summed E-state index contributed by atoms with van der Waals surface area (Å²) in [6.45, 7) is 1.52. The number of hydrogen-bond donors (Lipinski definition) is 0. The summed E-state index contributed by atoms with van der Waals surface area (Å²) >= 11 is 6.90. The Bertz CT molecular complexity index is 216. The van der Waals surface area contributed by atoms with Crippen molar-refractivity contribution in [3.8, 4) is 0 Å². The standard InChI is InChI=1S/C9H12Br2O2/c10-8(11)7-1-3-9(4-2-7)12-5-6-13-9/h1-6H2. The molecule has 0 aromatic heterocycles. The first kappa shape index (κ1) is 10.1. The van der Waals surface area contributed by atoms with E-state index in [9.17, 15) is 0 Å². The topological polar surface area (TPSA) is 18.5 Å². The summed E-state index contributed by atoms with van der Waals surface area (Å²) in [6, 6.07) is 0. The van der Waals surface area contributed by atoms with Gasteiger partial charge in [-0.1, -0.05) is 0 Å². The molecule has 2 nitrogen and oxygen atoms in total. The van der Waals surface area contributed by atoms with Gasteiger partial charge in [-0.25, -0.2) is 0 Å². The second-order valence-electron chi connectivity index (χ2n) is 3.47. The minimum Gasteiger partial charge on any atom is -0.348 e. The first-order valence-corrected chi connectivity index (χ1v) is 6.11. The smallest absolute Gasteiger partial charge is 0.169 e. The van der Waals surface area contributed by atoms with Crippen LogP contribution in [-0.2, 0) is 9.47 Å². The summed E-state index contributed by atoms with van der Waals surface area (Å²) in [4.78, 5) is 0. The van der Waals surface area contributed by atoms with E-state index in [1.54, 1.807) is 0 Å². The van der Waals surface area contributed by atoms with Crippen LogP contribution in [0.4, 0.5) is 0 Å². The molecule has 0 N–H and O–H groups in total. The zero-order valence-electron chi connectivity index (χ0n) is 7.32. The molecule has 0 unspecified atom stereocenters. The Balaban J connectivity index is 1.99. The van der Waals surface area contributed by atoms with E-state index < -0.39 is 0 Å². The van der Waals surface area contributed by atoms with Crippen molar-refractivity contribution in [3.05, 3.63) is 8.96 Å². The molecule has 0 bridgehead atoms. The minimum absolute atomic E-state index is 0.237. The van der Waals surface area contributed by atoms with Crippen molar-refractivity contribution in [2.24, 2.45) is 0 Å². The molecule has 1 aliphatic carbocycles. The van der Waals surface area contributed by atoms with Gasteiger partial charge >= 0.3 is 0 Å². The summed E-state index contributed by atoms with van der Waals surface area (Å²) < 4.78 is 12.4. The van der Waals surface area contributed by atoms with Gasteiger partial charge in [-0.2, -0.15) is 0 Å². The highest BCUT2D eigenvalue weighted by Crippen LogP contribution is 2.40. The summed E-state index contributed by atoms with van der Waals surface area (Å²) in [5, 5.41) is 0. The summed E-state index contributed by atoms with van der Waals surface area (Å²) in [5.74, 6) is -0.237. The Morgan fingerprint density at radius 1 is 1.08 bits per heavy atom. The Morgan fingerprint density at radius 3 is 2.08 bits per heavy atom. The van der Waals surface area contributed by atoms with Crippen molar-refractivity contribution in [1.29, 1.82) is 0 Å².